The number of rotatable bonds is 1. The Bertz CT molecular complexity index is 355. The lowest BCUT2D eigenvalue weighted by Crippen LogP contribution is -2.63. The molecule has 0 N–H and O–H groups in total. The molecule has 3 aliphatic heterocycles. The van der Waals surface area contributed by atoms with Crippen LogP contribution < -0.4 is 0 Å². The van der Waals surface area contributed by atoms with Crippen molar-refractivity contribution in [3.05, 3.63) is 0 Å². The molecular formula is C13H20N2O2S. The van der Waals surface area contributed by atoms with Crippen LogP contribution in [0.2, 0.25) is 0 Å². The summed E-state index contributed by atoms with van der Waals surface area (Å²) in [6, 6.07) is 0.168. The van der Waals surface area contributed by atoms with Crippen molar-refractivity contribution in [2.24, 2.45) is 0 Å². The van der Waals surface area contributed by atoms with Gasteiger partial charge in [-0.15, -0.1) is 0 Å². The molecule has 18 heavy (non-hydrogen) atoms. The predicted molar refractivity (Wildman–Crippen MR) is 71.4 cm³/mol. The Morgan fingerprint density at radius 3 is 2.56 bits per heavy atom. The van der Waals surface area contributed by atoms with Gasteiger partial charge in [0.25, 0.3) is 0 Å². The van der Waals surface area contributed by atoms with Crippen molar-refractivity contribution in [1.82, 2.24) is 9.80 Å². The molecule has 0 aromatic rings. The summed E-state index contributed by atoms with van der Waals surface area (Å²) < 4.78 is 0. The number of carbonyl (C=O) groups is 2. The zero-order chi connectivity index (χ0) is 12.5. The highest BCUT2D eigenvalue weighted by Crippen LogP contribution is 2.28. The van der Waals surface area contributed by atoms with Crippen LogP contribution in [0.25, 0.3) is 0 Å². The highest BCUT2D eigenvalue weighted by molar-refractivity contribution is 7.99. The fourth-order valence-corrected chi connectivity index (χ4v) is 4.38. The number of amides is 2. The summed E-state index contributed by atoms with van der Waals surface area (Å²) in [5.41, 5.74) is 0. The van der Waals surface area contributed by atoms with Crippen LogP contribution in [0.1, 0.15) is 32.1 Å². The summed E-state index contributed by atoms with van der Waals surface area (Å²) in [5.74, 6) is 2.62. The van der Waals surface area contributed by atoms with Crippen LogP contribution in [-0.2, 0) is 9.59 Å². The fraction of sp³-hybridized carbons (Fsp3) is 0.846. The van der Waals surface area contributed by atoms with Gasteiger partial charge >= 0.3 is 0 Å². The average Bonchev–Trinajstić information content (AvgIpc) is 2.44. The Morgan fingerprint density at radius 1 is 1.00 bits per heavy atom. The van der Waals surface area contributed by atoms with Gasteiger partial charge in [0, 0.05) is 12.6 Å². The van der Waals surface area contributed by atoms with E-state index in [1.165, 1.54) is 0 Å². The van der Waals surface area contributed by atoms with Crippen LogP contribution >= 0.6 is 11.8 Å². The van der Waals surface area contributed by atoms with Crippen LogP contribution in [0.5, 0.6) is 0 Å². The van der Waals surface area contributed by atoms with Crippen molar-refractivity contribution in [2.45, 2.75) is 44.2 Å². The minimum atomic E-state index is -0.144. The topological polar surface area (TPSA) is 40.6 Å². The number of thioether (sulfide) groups is 1. The van der Waals surface area contributed by atoms with Gasteiger partial charge in [-0.25, -0.2) is 0 Å². The summed E-state index contributed by atoms with van der Waals surface area (Å²) in [6.45, 7) is 1.11. The quantitative estimate of drug-likeness (QED) is 0.715. The summed E-state index contributed by atoms with van der Waals surface area (Å²) in [6.07, 6.45) is 5.10. The number of hydrogen-bond donors (Lipinski definition) is 0. The second kappa shape index (κ2) is 5.11. The van der Waals surface area contributed by atoms with E-state index in [9.17, 15) is 9.59 Å². The lowest BCUT2D eigenvalue weighted by Gasteiger charge is -2.46. The van der Waals surface area contributed by atoms with Crippen LogP contribution in [-0.4, -0.2) is 58.3 Å². The van der Waals surface area contributed by atoms with Gasteiger partial charge in [0.15, 0.2) is 0 Å². The smallest absolute Gasteiger partial charge is 0.246 e. The van der Waals surface area contributed by atoms with Crippen molar-refractivity contribution < 1.29 is 9.59 Å². The first-order valence-corrected chi connectivity index (χ1v) is 8.10. The summed E-state index contributed by atoms with van der Waals surface area (Å²) in [5, 5.41) is 0. The average molecular weight is 268 g/mol. The Labute approximate surface area is 112 Å². The van der Waals surface area contributed by atoms with E-state index in [1.54, 1.807) is 0 Å². The molecule has 3 fully saturated rings. The van der Waals surface area contributed by atoms with E-state index in [1.807, 2.05) is 21.6 Å². The zero-order valence-electron chi connectivity index (χ0n) is 10.6. The second-order valence-electron chi connectivity index (χ2n) is 5.41. The fourth-order valence-electron chi connectivity index (χ4n) is 3.30. The normalized spacial score (nSPS) is 30.6. The molecular weight excluding hydrogens is 248 g/mol. The monoisotopic (exact) mass is 268 g/mol. The molecule has 4 nitrogen and oxygen atoms in total. The number of carbonyl (C=O) groups excluding carboxylic acids is 2. The highest BCUT2D eigenvalue weighted by Gasteiger charge is 2.42. The minimum absolute atomic E-state index is 0.144. The molecule has 1 atom stereocenters. The minimum Gasteiger partial charge on any atom is -0.329 e. The summed E-state index contributed by atoms with van der Waals surface area (Å²) in [4.78, 5) is 28.4. The molecule has 0 aromatic carbocycles. The maximum absolute atomic E-state index is 12.5. The number of piperazine rings is 1. The second-order valence-corrected chi connectivity index (χ2v) is 6.63. The standard InChI is InChI=1S/C13H20N2O2S/c16-12-9-15(10-4-7-18-8-5-10)13(17)11-3-1-2-6-14(11)12/h10-11H,1-9H2. The Hall–Kier alpha value is -0.710. The van der Waals surface area contributed by atoms with E-state index in [0.29, 0.717) is 12.6 Å². The molecule has 0 bridgehead atoms. The Kier molecular flexibility index (Phi) is 3.50. The maximum atomic E-state index is 12.5. The maximum Gasteiger partial charge on any atom is 0.246 e. The molecule has 0 aromatic heterocycles. The van der Waals surface area contributed by atoms with Crippen molar-refractivity contribution in [3.8, 4) is 0 Å². The number of hydrogen-bond acceptors (Lipinski definition) is 3. The molecule has 0 radical (unpaired) electrons. The molecule has 2 amide bonds. The molecule has 0 saturated carbocycles. The number of nitrogens with zero attached hydrogens (tertiary/aromatic N) is 2. The van der Waals surface area contributed by atoms with Gasteiger partial charge in [0.05, 0.1) is 0 Å². The lowest BCUT2D eigenvalue weighted by atomic mass is 9.96. The van der Waals surface area contributed by atoms with Gasteiger partial charge in [0.2, 0.25) is 11.8 Å². The molecule has 3 heterocycles. The first-order chi connectivity index (χ1) is 8.77. The molecule has 3 rings (SSSR count). The van der Waals surface area contributed by atoms with Crippen molar-refractivity contribution >= 4 is 23.6 Å². The third kappa shape index (κ3) is 2.13. The molecule has 100 valence electrons. The SMILES string of the molecule is O=C1C2CCCCN2C(=O)CN1C1CCSCC1. The Balaban J connectivity index is 1.75. The molecule has 3 aliphatic rings. The van der Waals surface area contributed by atoms with E-state index in [2.05, 4.69) is 0 Å². The predicted octanol–water partition coefficient (Wildman–Crippen LogP) is 1.11. The van der Waals surface area contributed by atoms with Gasteiger partial charge in [-0.3, -0.25) is 9.59 Å². The third-order valence-corrected chi connectivity index (χ3v) is 5.38. The van der Waals surface area contributed by atoms with E-state index in [0.717, 1.165) is 50.2 Å². The molecule has 0 spiro atoms. The van der Waals surface area contributed by atoms with Crippen LogP contribution in [0.4, 0.5) is 0 Å². The van der Waals surface area contributed by atoms with Gasteiger partial charge in [-0.1, -0.05) is 0 Å². The van der Waals surface area contributed by atoms with Crippen LogP contribution in [0.15, 0.2) is 0 Å². The summed E-state index contributed by atoms with van der Waals surface area (Å²) in [7, 11) is 0. The van der Waals surface area contributed by atoms with E-state index >= 15 is 0 Å². The first kappa shape index (κ1) is 12.3. The van der Waals surface area contributed by atoms with Crippen molar-refractivity contribution in [1.29, 1.82) is 0 Å². The third-order valence-electron chi connectivity index (χ3n) is 4.33. The number of piperidine rings is 1. The van der Waals surface area contributed by atoms with Gasteiger partial charge < -0.3 is 9.80 Å². The van der Waals surface area contributed by atoms with Gasteiger partial charge in [0.1, 0.15) is 12.6 Å². The molecule has 5 heteroatoms. The van der Waals surface area contributed by atoms with E-state index in [-0.39, 0.29) is 17.9 Å². The lowest BCUT2D eigenvalue weighted by molar-refractivity contribution is -0.160. The number of fused-ring (bicyclic) bond motifs is 1. The van der Waals surface area contributed by atoms with Crippen molar-refractivity contribution in [2.75, 3.05) is 24.6 Å². The first-order valence-electron chi connectivity index (χ1n) is 6.95. The van der Waals surface area contributed by atoms with Crippen molar-refractivity contribution in [3.63, 3.8) is 0 Å². The highest BCUT2D eigenvalue weighted by atomic mass is 32.2. The van der Waals surface area contributed by atoms with Gasteiger partial charge in [-0.05, 0) is 43.6 Å². The largest absolute Gasteiger partial charge is 0.329 e. The van der Waals surface area contributed by atoms with Crippen LogP contribution in [0, 0.1) is 0 Å². The van der Waals surface area contributed by atoms with Crippen LogP contribution in [0.3, 0.4) is 0 Å². The molecule has 0 aliphatic carbocycles. The van der Waals surface area contributed by atoms with Gasteiger partial charge in [-0.2, -0.15) is 11.8 Å². The van der Waals surface area contributed by atoms with E-state index in [4.69, 9.17) is 0 Å². The summed E-state index contributed by atoms with van der Waals surface area (Å²) >= 11 is 1.95. The molecule has 3 saturated heterocycles. The van der Waals surface area contributed by atoms with E-state index < -0.39 is 0 Å². The Morgan fingerprint density at radius 2 is 1.78 bits per heavy atom. The zero-order valence-corrected chi connectivity index (χ0v) is 11.5. The molecule has 1 unspecified atom stereocenters.